The van der Waals surface area contributed by atoms with Crippen molar-refractivity contribution in [2.24, 2.45) is 0 Å². The van der Waals surface area contributed by atoms with E-state index >= 15 is 0 Å². The van der Waals surface area contributed by atoms with Gasteiger partial charge in [0.15, 0.2) is 0 Å². The number of rotatable bonds is 5. The highest BCUT2D eigenvalue weighted by atomic mass is 32.1. The number of nitrogens with one attached hydrogen (secondary N) is 1. The number of aromatic nitrogens is 5. The second-order valence-corrected chi connectivity index (χ2v) is 7.28. The van der Waals surface area contributed by atoms with Crippen LogP contribution < -0.4 is 15.8 Å². The highest BCUT2D eigenvalue weighted by molar-refractivity contribution is 7.09. The Hall–Kier alpha value is -3.72. The molecule has 0 saturated heterocycles. The van der Waals surface area contributed by atoms with Gasteiger partial charge in [-0.1, -0.05) is 18.2 Å². The Bertz CT molecular complexity index is 1310. The molecule has 0 unspecified atom stereocenters. The summed E-state index contributed by atoms with van der Waals surface area (Å²) in [4.78, 5) is 18.3. The van der Waals surface area contributed by atoms with E-state index in [-0.39, 0.29) is 0 Å². The van der Waals surface area contributed by atoms with E-state index in [4.69, 9.17) is 20.4 Å². The minimum atomic E-state index is 0.325. The van der Waals surface area contributed by atoms with Crippen molar-refractivity contribution in [3.63, 3.8) is 0 Å². The van der Waals surface area contributed by atoms with Gasteiger partial charge in [0, 0.05) is 17.0 Å². The summed E-state index contributed by atoms with van der Waals surface area (Å²) in [5.41, 5.74) is 8.53. The smallest absolute Gasteiger partial charge is 0.239 e. The van der Waals surface area contributed by atoms with Gasteiger partial charge in [0.25, 0.3) is 0 Å². The van der Waals surface area contributed by atoms with Crippen molar-refractivity contribution in [2.45, 2.75) is 6.54 Å². The fourth-order valence-electron chi connectivity index (χ4n) is 3.27. The van der Waals surface area contributed by atoms with Crippen LogP contribution in [-0.2, 0) is 6.54 Å². The van der Waals surface area contributed by atoms with E-state index in [1.165, 1.54) is 0 Å². The third kappa shape index (κ3) is 3.01. The van der Waals surface area contributed by atoms with Crippen LogP contribution in [0.3, 0.4) is 0 Å². The Balaban J connectivity index is 1.72. The first kappa shape index (κ1) is 17.4. The Morgan fingerprint density at radius 1 is 1.10 bits per heavy atom. The lowest BCUT2D eigenvalue weighted by molar-refractivity contribution is 0.419. The van der Waals surface area contributed by atoms with E-state index in [2.05, 4.69) is 15.3 Å². The van der Waals surface area contributed by atoms with Gasteiger partial charge >= 0.3 is 0 Å². The molecule has 9 heteroatoms. The molecule has 3 aromatic heterocycles. The van der Waals surface area contributed by atoms with E-state index < -0.39 is 0 Å². The highest BCUT2D eigenvalue weighted by Crippen LogP contribution is 2.31. The number of para-hydroxylation sites is 3. The first-order valence-electron chi connectivity index (χ1n) is 8.95. The number of methoxy groups -OCH3 is 1. The molecule has 5 aromatic rings. The molecule has 8 nitrogen and oxygen atoms in total. The number of anilines is 2. The van der Waals surface area contributed by atoms with Crippen molar-refractivity contribution in [3.05, 3.63) is 59.0 Å². The number of benzene rings is 2. The quantitative estimate of drug-likeness (QED) is 0.462. The Morgan fingerprint density at radius 3 is 2.83 bits per heavy atom. The third-order valence-electron chi connectivity index (χ3n) is 4.57. The molecule has 0 aliphatic carbocycles. The molecule has 0 amide bonds. The molecular weight excluding hydrogens is 386 g/mol. The number of ether oxygens (including phenoxy) is 1. The summed E-state index contributed by atoms with van der Waals surface area (Å²) in [5, 5.41) is 7.15. The first-order chi connectivity index (χ1) is 14.2. The number of hydrogen-bond donors (Lipinski definition) is 2. The predicted octanol–water partition coefficient (Wildman–Crippen LogP) is 3.63. The zero-order valence-electron chi connectivity index (χ0n) is 15.5. The molecule has 5 rings (SSSR count). The molecule has 3 heterocycles. The summed E-state index contributed by atoms with van der Waals surface area (Å²) in [6, 6.07) is 13.5. The molecule has 0 fully saturated rings. The maximum atomic E-state index is 6.21. The zero-order chi connectivity index (χ0) is 19.8. The van der Waals surface area contributed by atoms with E-state index in [9.17, 15) is 0 Å². The number of nitrogens with zero attached hydrogens (tertiary/aromatic N) is 5. The van der Waals surface area contributed by atoms with Crippen molar-refractivity contribution in [1.29, 1.82) is 0 Å². The van der Waals surface area contributed by atoms with Crippen LogP contribution in [0.25, 0.3) is 27.9 Å². The van der Waals surface area contributed by atoms with Crippen LogP contribution in [0.4, 0.5) is 11.8 Å². The van der Waals surface area contributed by atoms with Crippen LogP contribution in [0.1, 0.15) is 5.01 Å². The average molecular weight is 403 g/mol. The fourth-order valence-corrected chi connectivity index (χ4v) is 3.82. The van der Waals surface area contributed by atoms with Crippen LogP contribution in [0.5, 0.6) is 5.75 Å². The molecule has 0 aliphatic heterocycles. The van der Waals surface area contributed by atoms with Crippen molar-refractivity contribution in [3.8, 4) is 11.7 Å². The predicted molar refractivity (Wildman–Crippen MR) is 115 cm³/mol. The lowest BCUT2D eigenvalue weighted by Crippen LogP contribution is -2.09. The Labute approximate surface area is 170 Å². The molecule has 0 radical (unpaired) electrons. The largest absolute Gasteiger partial charge is 0.494 e. The van der Waals surface area contributed by atoms with Crippen molar-refractivity contribution < 1.29 is 4.74 Å². The van der Waals surface area contributed by atoms with E-state index in [0.717, 1.165) is 21.4 Å². The average Bonchev–Trinajstić information content (AvgIpc) is 3.38. The van der Waals surface area contributed by atoms with Gasteiger partial charge in [-0.05, 0) is 24.3 Å². The molecular formula is C20H17N7OS. The second kappa shape index (κ2) is 7.02. The number of fused-ring (bicyclic) bond motifs is 2. The maximum absolute atomic E-state index is 6.21. The summed E-state index contributed by atoms with van der Waals surface area (Å²) in [6.07, 6.45) is 1.78. The zero-order valence-corrected chi connectivity index (χ0v) is 16.3. The van der Waals surface area contributed by atoms with Gasteiger partial charge in [0.05, 0.1) is 24.7 Å². The van der Waals surface area contributed by atoms with Crippen molar-refractivity contribution in [1.82, 2.24) is 24.5 Å². The Morgan fingerprint density at radius 2 is 2.00 bits per heavy atom. The molecule has 0 bridgehead atoms. The minimum Gasteiger partial charge on any atom is -0.494 e. The molecule has 0 atom stereocenters. The molecule has 0 spiro atoms. The lowest BCUT2D eigenvalue weighted by Gasteiger charge is -2.13. The fraction of sp³-hybridized carbons (Fsp3) is 0.100. The van der Waals surface area contributed by atoms with Crippen LogP contribution in [0, 0.1) is 0 Å². The van der Waals surface area contributed by atoms with E-state index in [0.29, 0.717) is 35.5 Å². The van der Waals surface area contributed by atoms with Crippen LogP contribution in [0.15, 0.2) is 54.0 Å². The molecule has 29 heavy (non-hydrogen) atoms. The van der Waals surface area contributed by atoms with Gasteiger partial charge in [-0.15, -0.1) is 11.3 Å². The van der Waals surface area contributed by atoms with Gasteiger partial charge in [-0.3, -0.25) is 0 Å². The Kier molecular flexibility index (Phi) is 4.21. The molecule has 144 valence electrons. The standard InChI is InChI=1S/C20H17N7OS/c1-28-15-8-4-5-12-17(15)25-20(26-18(12)23-11-16-22-9-10-29-16)27-14-7-3-2-6-13(14)24-19(27)21/h2-10H,11H2,1H3,(H2,21,24)(H,23,25,26). The lowest BCUT2D eigenvalue weighted by atomic mass is 10.2. The summed E-state index contributed by atoms with van der Waals surface area (Å²) in [5.74, 6) is 2.09. The second-order valence-electron chi connectivity index (χ2n) is 6.30. The summed E-state index contributed by atoms with van der Waals surface area (Å²) >= 11 is 1.58. The summed E-state index contributed by atoms with van der Waals surface area (Å²) in [6.45, 7) is 0.556. The molecule has 3 N–H and O–H groups in total. The topological polar surface area (TPSA) is 104 Å². The van der Waals surface area contributed by atoms with E-state index in [1.807, 2.05) is 47.8 Å². The molecule has 0 saturated carbocycles. The number of nitrogen functional groups attached to an aromatic ring is 1. The third-order valence-corrected chi connectivity index (χ3v) is 5.35. The monoisotopic (exact) mass is 403 g/mol. The van der Waals surface area contributed by atoms with Gasteiger partial charge in [-0.25, -0.2) is 19.5 Å². The number of thiazole rings is 1. The van der Waals surface area contributed by atoms with Gasteiger partial charge in [-0.2, -0.15) is 4.98 Å². The summed E-state index contributed by atoms with van der Waals surface area (Å²) < 4.78 is 7.28. The van der Waals surface area contributed by atoms with Crippen LogP contribution in [0.2, 0.25) is 0 Å². The van der Waals surface area contributed by atoms with Gasteiger partial charge in [0.1, 0.15) is 22.1 Å². The van der Waals surface area contributed by atoms with Gasteiger partial charge in [0.2, 0.25) is 11.9 Å². The van der Waals surface area contributed by atoms with Crippen LogP contribution >= 0.6 is 11.3 Å². The van der Waals surface area contributed by atoms with Crippen molar-refractivity contribution in [2.75, 3.05) is 18.2 Å². The summed E-state index contributed by atoms with van der Waals surface area (Å²) in [7, 11) is 1.63. The van der Waals surface area contributed by atoms with Crippen molar-refractivity contribution >= 4 is 45.0 Å². The normalized spacial score (nSPS) is 11.2. The molecule has 2 aromatic carbocycles. The number of imidazole rings is 1. The minimum absolute atomic E-state index is 0.325. The molecule has 0 aliphatic rings. The van der Waals surface area contributed by atoms with E-state index in [1.54, 1.807) is 29.2 Å². The van der Waals surface area contributed by atoms with Crippen LogP contribution in [-0.4, -0.2) is 31.6 Å². The number of hydrogen-bond acceptors (Lipinski definition) is 8. The maximum Gasteiger partial charge on any atom is 0.239 e. The highest BCUT2D eigenvalue weighted by Gasteiger charge is 2.17. The SMILES string of the molecule is COc1cccc2c(NCc3nccs3)nc(-n3c(N)nc4ccccc43)nc12. The first-order valence-corrected chi connectivity index (χ1v) is 9.83. The van der Waals surface area contributed by atoms with Gasteiger partial charge < -0.3 is 15.8 Å². The number of nitrogens with two attached hydrogens (primary N) is 1.